The van der Waals surface area contributed by atoms with Crippen LogP contribution < -0.4 is 5.32 Å². The summed E-state index contributed by atoms with van der Waals surface area (Å²) in [5.74, 6) is 0.172. The summed E-state index contributed by atoms with van der Waals surface area (Å²) in [6.07, 6.45) is 2.34. The maximum absolute atomic E-state index is 13.9. The number of carbonyl (C=O) groups excluding carboxylic acids is 2. The monoisotopic (exact) mass is 470 g/mol. The lowest BCUT2D eigenvalue weighted by Crippen LogP contribution is -2.66. The number of hydrogen-bond donors (Lipinski definition) is 2. The van der Waals surface area contributed by atoms with E-state index in [0.717, 1.165) is 37.3 Å². The Morgan fingerprint density at radius 1 is 1.21 bits per heavy atom. The predicted molar refractivity (Wildman–Crippen MR) is 127 cm³/mol. The number of nitrogens with zero attached hydrogens (tertiary/aromatic N) is 4. The number of nitrogens with one attached hydrogen (secondary N) is 2. The zero-order chi connectivity index (χ0) is 23.5. The second-order valence-corrected chi connectivity index (χ2v) is 10.9. The Bertz CT molecular complexity index is 1110. The Morgan fingerprint density at radius 2 is 2.00 bits per heavy atom. The van der Waals surface area contributed by atoms with Crippen molar-refractivity contribution in [3.05, 3.63) is 46.1 Å². The highest BCUT2D eigenvalue weighted by Crippen LogP contribution is 2.42. The van der Waals surface area contributed by atoms with Gasteiger partial charge in [-0.2, -0.15) is 5.10 Å². The third-order valence-corrected chi connectivity index (χ3v) is 7.70. The minimum atomic E-state index is -0.568. The van der Waals surface area contributed by atoms with Crippen LogP contribution in [0.5, 0.6) is 0 Å². The van der Waals surface area contributed by atoms with E-state index in [1.165, 1.54) is 6.42 Å². The van der Waals surface area contributed by atoms with Crippen molar-refractivity contribution in [2.24, 2.45) is 0 Å². The van der Waals surface area contributed by atoms with Crippen LogP contribution >= 0.6 is 11.6 Å². The van der Waals surface area contributed by atoms with Crippen molar-refractivity contribution in [1.29, 1.82) is 0 Å². The first-order valence-corrected chi connectivity index (χ1v) is 11.9. The Morgan fingerprint density at radius 3 is 2.76 bits per heavy atom. The SMILES string of the molecule is CC1(C)CN2CCC[C@H]2CN1C(=O)N1Cc2c(NC(=O)c3cccc(Cl)c3)n[nH]c2C1(C)C. The van der Waals surface area contributed by atoms with Crippen molar-refractivity contribution in [3.63, 3.8) is 0 Å². The largest absolute Gasteiger partial charge is 0.321 e. The molecule has 33 heavy (non-hydrogen) atoms. The second-order valence-electron chi connectivity index (χ2n) is 10.5. The van der Waals surface area contributed by atoms with Gasteiger partial charge in [-0.25, -0.2) is 4.79 Å². The smallest absolute Gasteiger partial charge is 0.317 e. The lowest BCUT2D eigenvalue weighted by Gasteiger charge is -2.51. The molecule has 3 aliphatic rings. The van der Waals surface area contributed by atoms with E-state index in [-0.39, 0.29) is 17.5 Å². The molecule has 8 nitrogen and oxygen atoms in total. The molecule has 3 amide bonds. The average molecular weight is 471 g/mol. The molecule has 0 radical (unpaired) electrons. The van der Waals surface area contributed by atoms with Crippen LogP contribution in [-0.2, 0) is 12.1 Å². The number of urea groups is 1. The summed E-state index contributed by atoms with van der Waals surface area (Å²) in [4.78, 5) is 33.1. The third-order valence-electron chi connectivity index (χ3n) is 7.46. The fraction of sp³-hybridized carbons (Fsp3) is 0.542. The van der Waals surface area contributed by atoms with Crippen molar-refractivity contribution < 1.29 is 9.59 Å². The predicted octanol–water partition coefficient (Wildman–Crippen LogP) is 4.04. The average Bonchev–Trinajstić information content (AvgIpc) is 3.42. The molecule has 0 spiro atoms. The lowest BCUT2D eigenvalue weighted by molar-refractivity contribution is 0.00394. The first kappa shape index (κ1) is 22.2. The van der Waals surface area contributed by atoms with E-state index in [4.69, 9.17) is 11.6 Å². The molecule has 0 aliphatic carbocycles. The Kier molecular flexibility index (Phi) is 5.21. The maximum atomic E-state index is 13.9. The van der Waals surface area contributed by atoms with Crippen molar-refractivity contribution in [2.45, 2.75) is 64.2 Å². The van der Waals surface area contributed by atoms with Crippen LogP contribution in [0.3, 0.4) is 0 Å². The van der Waals surface area contributed by atoms with Crippen LogP contribution in [0.2, 0.25) is 5.02 Å². The molecule has 9 heteroatoms. The van der Waals surface area contributed by atoms with Gasteiger partial charge in [0.05, 0.1) is 23.3 Å². The Balaban J connectivity index is 1.38. The van der Waals surface area contributed by atoms with E-state index in [9.17, 15) is 9.59 Å². The van der Waals surface area contributed by atoms with Gasteiger partial charge >= 0.3 is 6.03 Å². The minimum absolute atomic E-state index is 0.0354. The van der Waals surface area contributed by atoms with Gasteiger partial charge in [-0.1, -0.05) is 17.7 Å². The summed E-state index contributed by atoms with van der Waals surface area (Å²) < 4.78 is 0. The fourth-order valence-electron chi connectivity index (χ4n) is 5.57. The number of aromatic amines is 1. The standard InChI is InChI=1S/C24H31ClN6O2/c1-23(2)14-29-10-6-9-17(29)12-30(23)22(33)31-13-18-19(24(31,3)4)27-28-20(18)26-21(32)15-7-5-8-16(25)11-15/h5,7-8,11,17H,6,9-10,12-14H2,1-4H3,(H2,26,27,28,32)/t17-/m0/s1. The summed E-state index contributed by atoms with van der Waals surface area (Å²) >= 11 is 6.03. The molecule has 2 N–H and O–H groups in total. The molecule has 2 aromatic rings. The zero-order valence-corrected chi connectivity index (χ0v) is 20.4. The van der Waals surface area contributed by atoms with E-state index < -0.39 is 5.54 Å². The number of hydrogen-bond acceptors (Lipinski definition) is 4. The number of halogens is 1. The maximum Gasteiger partial charge on any atom is 0.321 e. The van der Waals surface area contributed by atoms with Crippen molar-refractivity contribution in [3.8, 4) is 0 Å². The Hall–Kier alpha value is -2.58. The number of amides is 3. The summed E-state index contributed by atoms with van der Waals surface area (Å²) in [7, 11) is 0. The number of rotatable bonds is 2. The van der Waals surface area contributed by atoms with E-state index in [1.807, 2.05) is 23.6 Å². The molecular formula is C24H31ClN6O2. The first-order chi connectivity index (χ1) is 15.6. The second kappa shape index (κ2) is 7.74. The van der Waals surface area contributed by atoms with Crippen molar-refractivity contribution in [1.82, 2.24) is 24.9 Å². The molecule has 0 unspecified atom stereocenters. The van der Waals surface area contributed by atoms with E-state index in [0.29, 0.717) is 29.0 Å². The van der Waals surface area contributed by atoms with Crippen LogP contribution in [-0.4, -0.2) is 68.1 Å². The van der Waals surface area contributed by atoms with Gasteiger partial charge in [-0.05, 0) is 65.3 Å². The zero-order valence-electron chi connectivity index (χ0n) is 19.6. The van der Waals surface area contributed by atoms with Gasteiger partial charge in [-0.15, -0.1) is 0 Å². The molecule has 1 aromatic heterocycles. The molecule has 176 valence electrons. The summed E-state index contributed by atoms with van der Waals surface area (Å²) in [5.41, 5.74) is 1.35. The highest BCUT2D eigenvalue weighted by Gasteiger charge is 2.50. The lowest BCUT2D eigenvalue weighted by atomic mass is 9.96. The number of fused-ring (bicyclic) bond motifs is 2. The van der Waals surface area contributed by atoms with Gasteiger partial charge in [-0.3, -0.25) is 14.8 Å². The molecule has 5 rings (SSSR count). The molecule has 0 saturated carbocycles. The highest BCUT2D eigenvalue weighted by molar-refractivity contribution is 6.31. The molecule has 4 heterocycles. The summed E-state index contributed by atoms with van der Waals surface area (Å²) in [6.45, 7) is 11.5. The van der Waals surface area contributed by atoms with Crippen LogP contribution in [0.25, 0.3) is 0 Å². The van der Waals surface area contributed by atoms with Crippen molar-refractivity contribution in [2.75, 3.05) is 25.0 Å². The van der Waals surface area contributed by atoms with Gasteiger partial charge in [0.15, 0.2) is 5.82 Å². The molecular weight excluding hydrogens is 440 g/mol. The minimum Gasteiger partial charge on any atom is -0.317 e. The topological polar surface area (TPSA) is 84.6 Å². The summed E-state index contributed by atoms with van der Waals surface area (Å²) in [6, 6.07) is 7.27. The van der Waals surface area contributed by atoms with Crippen LogP contribution in [0.15, 0.2) is 24.3 Å². The first-order valence-electron chi connectivity index (χ1n) is 11.6. The number of aromatic nitrogens is 2. The van der Waals surface area contributed by atoms with Crippen LogP contribution in [0, 0.1) is 0 Å². The van der Waals surface area contributed by atoms with E-state index >= 15 is 0 Å². The van der Waals surface area contributed by atoms with Crippen LogP contribution in [0.1, 0.15) is 62.2 Å². The number of carbonyl (C=O) groups is 2. The highest BCUT2D eigenvalue weighted by atomic mass is 35.5. The fourth-order valence-corrected chi connectivity index (χ4v) is 5.76. The van der Waals surface area contributed by atoms with Gasteiger partial charge < -0.3 is 15.1 Å². The van der Waals surface area contributed by atoms with Crippen molar-refractivity contribution >= 4 is 29.4 Å². The Labute approximate surface area is 199 Å². The van der Waals surface area contributed by atoms with E-state index in [2.05, 4.69) is 34.3 Å². The van der Waals surface area contributed by atoms with Gasteiger partial charge in [0.25, 0.3) is 5.91 Å². The van der Waals surface area contributed by atoms with Crippen LogP contribution in [0.4, 0.5) is 10.6 Å². The molecule has 0 bridgehead atoms. The molecule has 2 saturated heterocycles. The van der Waals surface area contributed by atoms with Gasteiger partial charge in [0.1, 0.15) is 0 Å². The number of benzene rings is 1. The number of anilines is 1. The quantitative estimate of drug-likeness (QED) is 0.693. The third kappa shape index (κ3) is 3.69. The normalized spacial score (nSPS) is 23.4. The molecule has 2 fully saturated rings. The summed E-state index contributed by atoms with van der Waals surface area (Å²) in [5, 5.41) is 10.8. The molecule has 1 atom stereocenters. The molecule has 1 aromatic carbocycles. The van der Waals surface area contributed by atoms with Gasteiger partial charge in [0.2, 0.25) is 0 Å². The van der Waals surface area contributed by atoms with Gasteiger partial charge in [0, 0.05) is 35.3 Å². The molecule has 3 aliphatic heterocycles. The number of piperazine rings is 1. The number of H-pyrrole nitrogens is 1. The van der Waals surface area contributed by atoms with E-state index in [1.54, 1.807) is 24.3 Å².